The van der Waals surface area contributed by atoms with Crippen molar-refractivity contribution in [2.24, 2.45) is 0 Å². The molecule has 10 nitrogen and oxygen atoms in total. The Kier molecular flexibility index (Phi) is 8.41. The van der Waals surface area contributed by atoms with Crippen LogP contribution in [0.1, 0.15) is 51.6 Å². The zero-order valence-corrected chi connectivity index (χ0v) is 22.4. The number of nitrogens with zero attached hydrogens (tertiary/aromatic N) is 6. The monoisotopic (exact) mass is 542 g/mol. The number of carbonyl (C=O) groups is 2. The van der Waals surface area contributed by atoms with Gasteiger partial charge in [0.05, 0.1) is 29.2 Å². The summed E-state index contributed by atoms with van der Waals surface area (Å²) >= 11 is 0. The van der Waals surface area contributed by atoms with Gasteiger partial charge in [0.2, 0.25) is 12.3 Å². The molecule has 0 aliphatic carbocycles. The first-order chi connectivity index (χ1) is 18.6. The zero-order chi connectivity index (χ0) is 28.2. The summed E-state index contributed by atoms with van der Waals surface area (Å²) < 4.78 is 36.0. The number of halogens is 2. The molecule has 0 unspecified atom stereocenters. The molecular formula is C27H32F2N6O4. The van der Waals surface area contributed by atoms with Gasteiger partial charge in [-0.05, 0) is 57.9 Å². The number of alkyl halides is 2. The lowest BCUT2D eigenvalue weighted by Crippen LogP contribution is -2.47. The van der Waals surface area contributed by atoms with E-state index in [2.05, 4.69) is 20.1 Å². The normalized spacial score (nSPS) is 14.4. The van der Waals surface area contributed by atoms with Crippen molar-refractivity contribution in [1.82, 2.24) is 20.1 Å². The van der Waals surface area contributed by atoms with Crippen molar-refractivity contribution in [1.29, 1.82) is 0 Å². The number of ether oxygens (including phenoxy) is 1. The van der Waals surface area contributed by atoms with Gasteiger partial charge >= 0.3 is 12.5 Å². The van der Waals surface area contributed by atoms with E-state index in [0.717, 1.165) is 24.9 Å². The van der Waals surface area contributed by atoms with E-state index in [-0.39, 0.29) is 24.6 Å². The van der Waals surface area contributed by atoms with Crippen molar-refractivity contribution in [2.45, 2.75) is 58.2 Å². The van der Waals surface area contributed by atoms with Crippen molar-refractivity contribution in [3.05, 3.63) is 54.2 Å². The van der Waals surface area contributed by atoms with Crippen molar-refractivity contribution in [3.8, 4) is 11.5 Å². The maximum atomic E-state index is 12.7. The molecule has 0 atom stereocenters. The van der Waals surface area contributed by atoms with Crippen LogP contribution in [-0.2, 0) is 16.1 Å². The first-order valence-corrected chi connectivity index (χ1v) is 12.6. The quantitative estimate of drug-likeness (QED) is 0.364. The van der Waals surface area contributed by atoms with Crippen LogP contribution in [-0.4, -0.2) is 64.4 Å². The van der Waals surface area contributed by atoms with E-state index < -0.39 is 17.9 Å². The summed E-state index contributed by atoms with van der Waals surface area (Å²) in [7, 11) is 1.99. The zero-order valence-electron chi connectivity index (χ0n) is 22.4. The van der Waals surface area contributed by atoms with Crippen LogP contribution in [0.25, 0.3) is 11.5 Å². The number of likely N-dealkylation sites (tertiary alicyclic amines) is 1. The fraction of sp³-hybridized carbons (Fsp3) is 0.444. The molecule has 1 aromatic carbocycles. The Balaban J connectivity index is 1.43. The molecular weight excluding hydrogens is 510 g/mol. The second-order valence-corrected chi connectivity index (χ2v) is 10.3. The summed E-state index contributed by atoms with van der Waals surface area (Å²) in [5.41, 5.74) is 2.04. The molecule has 3 heterocycles. The largest absolute Gasteiger partial charge is 0.444 e. The lowest BCUT2D eigenvalue weighted by atomic mass is 10.0. The Morgan fingerprint density at radius 2 is 1.85 bits per heavy atom. The Labute approximate surface area is 225 Å². The van der Waals surface area contributed by atoms with Crippen LogP contribution < -0.4 is 9.80 Å². The first-order valence-electron chi connectivity index (χ1n) is 12.6. The molecule has 0 bridgehead atoms. The highest BCUT2D eigenvalue weighted by molar-refractivity contribution is 5.84. The minimum Gasteiger partial charge on any atom is -0.444 e. The fourth-order valence-corrected chi connectivity index (χ4v) is 4.40. The summed E-state index contributed by atoms with van der Waals surface area (Å²) in [6, 6.07) is 11.1. The predicted octanol–water partition coefficient (Wildman–Crippen LogP) is 5.07. The van der Waals surface area contributed by atoms with E-state index >= 15 is 0 Å². The number of rotatable bonds is 8. The third-order valence-electron chi connectivity index (χ3n) is 6.39. The molecule has 208 valence electrons. The molecule has 0 N–H and O–H groups in total. The van der Waals surface area contributed by atoms with Crippen LogP contribution in [0.2, 0.25) is 0 Å². The van der Waals surface area contributed by atoms with Gasteiger partial charge in [-0.25, -0.2) is 4.79 Å². The second-order valence-electron chi connectivity index (χ2n) is 10.3. The summed E-state index contributed by atoms with van der Waals surface area (Å²) in [6.45, 7) is 6.91. The number of hydrogen-bond donors (Lipinski definition) is 0. The van der Waals surface area contributed by atoms with Gasteiger partial charge in [0, 0.05) is 32.4 Å². The predicted molar refractivity (Wildman–Crippen MR) is 140 cm³/mol. The number of anilines is 2. The number of piperidine rings is 1. The molecule has 39 heavy (non-hydrogen) atoms. The average Bonchev–Trinajstić information content (AvgIpc) is 3.42. The second kappa shape index (κ2) is 11.7. The molecule has 1 aliphatic rings. The maximum absolute atomic E-state index is 12.7. The van der Waals surface area contributed by atoms with Crippen LogP contribution in [0.15, 0.2) is 47.0 Å². The van der Waals surface area contributed by atoms with Crippen molar-refractivity contribution >= 4 is 23.9 Å². The number of benzene rings is 1. The van der Waals surface area contributed by atoms with E-state index in [1.54, 1.807) is 21.9 Å². The summed E-state index contributed by atoms with van der Waals surface area (Å²) in [4.78, 5) is 34.4. The molecule has 1 saturated heterocycles. The molecule has 0 radical (unpaired) electrons. The van der Waals surface area contributed by atoms with E-state index in [1.807, 2.05) is 52.1 Å². The number of pyridine rings is 1. The first kappa shape index (κ1) is 27.9. The smallest absolute Gasteiger partial charge is 0.410 e. The molecule has 12 heteroatoms. The van der Waals surface area contributed by atoms with Crippen LogP contribution in [0.3, 0.4) is 0 Å². The highest BCUT2D eigenvalue weighted by Gasteiger charge is 2.29. The van der Waals surface area contributed by atoms with Gasteiger partial charge in [-0.15, -0.1) is 10.2 Å². The van der Waals surface area contributed by atoms with Crippen LogP contribution in [0.4, 0.5) is 25.0 Å². The minimum atomic E-state index is -2.85. The third kappa shape index (κ3) is 6.87. The standard InChI is InChI=1S/C27H32F2N6O4/c1-27(2,3)39-26(37)34-13-11-20(12-14-34)33(4)21-7-5-6-8-22(21)35(17-36)16-19-10-9-18(15-30-19)24-31-32-25(38-24)23(28)29/h5-10,15,17,20,23H,11-14,16H2,1-4H3. The third-order valence-corrected chi connectivity index (χ3v) is 6.39. The van der Waals surface area contributed by atoms with Gasteiger partial charge < -0.3 is 23.9 Å². The number of para-hydroxylation sites is 2. The molecule has 0 spiro atoms. The summed E-state index contributed by atoms with van der Waals surface area (Å²) in [6.07, 6.45) is 0.560. The number of amides is 2. The number of carbonyl (C=O) groups excluding carboxylic acids is 2. The van der Waals surface area contributed by atoms with Crippen LogP contribution >= 0.6 is 0 Å². The van der Waals surface area contributed by atoms with Gasteiger partial charge in [0.15, 0.2) is 0 Å². The highest BCUT2D eigenvalue weighted by atomic mass is 19.3. The van der Waals surface area contributed by atoms with Gasteiger partial charge in [-0.2, -0.15) is 8.78 Å². The Hall–Kier alpha value is -4.09. The maximum Gasteiger partial charge on any atom is 0.410 e. The number of aromatic nitrogens is 3. The van der Waals surface area contributed by atoms with Gasteiger partial charge in [0.25, 0.3) is 5.89 Å². The molecule has 1 fully saturated rings. The average molecular weight is 543 g/mol. The number of hydrogen-bond acceptors (Lipinski definition) is 8. The Morgan fingerprint density at radius 1 is 1.15 bits per heavy atom. The van der Waals surface area contributed by atoms with E-state index in [4.69, 9.17) is 9.15 Å². The molecule has 3 aromatic rings. The van der Waals surface area contributed by atoms with Gasteiger partial charge in [0.1, 0.15) is 5.60 Å². The molecule has 2 amide bonds. The van der Waals surface area contributed by atoms with Gasteiger partial charge in [-0.3, -0.25) is 9.78 Å². The van der Waals surface area contributed by atoms with Crippen LogP contribution in [0, 0.1) is 0 Å². The molecule has 0 saturated carbocycles. The highest BCUT2D eigenvalue weighted by Crippen LogP contribution is 2.32. The minimum absolute atomic E-state index is 0.0544. The SMILES string of the molecule is CN(c1ccccc1N(C=O)Cc1ccc(-c2nnc(C(F)F)o2)cn1)C1CCN(C(=O)OC(C)(C)C)CC1. The van der Waals surface area contributed by atoms with Crippen LogP contribution in [0.5, 0.6) is 0 Å². The topological polar surface area (TPSA) is 105 Å². The Bertz CT molecular complexity index is 1270. The summed E-state index contributed by atoms with van der Waals surface area (Å²) in [5.74, 6) is -0.807. The summed E-state index contributed by atoms with van der Waals surface area (Å²) in [5, 5.41) is 6.96. The van der Waals surface area contributed by atoms with Crippen molar-refractivity contribution in [3.63, 3.8) is 0 Å². The Morgan fingerprint density at radius 3 is 2.41 bits per heavy atom. The molecule has 1 aliphatic heterocycles. The van der Waals surface area contributed by atoms with Crippen molar-refractivity contribution < 1.29 is 27.5 Å². The lowest BCUT2D eigenvalue weighted by Gasteiger charge is -2.39. The fourth-order valence-electron chi connectivity index (χ4n) is 4.40. The van der Waals surface area contributed by atoms with Gasteiger partial charge in [-0.1, -0.05) is 12.1 Å². The lowest BCUT2D eigenvalue weighted by molar-refractivity contribution is -0.107. The molecule has 2 aromatic heterocycles. The molecule has 4 rings (SSSR count). The van der Waals surface area contributed by atoms with Crippen molar-refractivity contribution in [2.75, 3.05) is 29.9 Å². The van der Waals surface area contributed by atoms with E-state index in [0.29, 0.717) is 30.0 Å². The van der Waals surface area contributed by atoms with E-state index in [9.17, 15) is 18.4 Å². The van der Waals surface area contributed by atoms with E-state index in [1.165, 1.54) is 6.20 Å².